The van der Waals surface area contributed by atoms with Crippen molar-refractivity contribution in [1.29, 1.82) is 0 Å². The van der Waals surface area contributed by atoms with Crippen molar-refractivity contribution in [2.45, 2.75) is 18.6 Å². The maximum atomic E-state index is 12.8. The van der Waals surface area contributed by atoms with Gasteiger partial charge in [0.2, 0.25) is 0 Å². The molecule has 1 atom stereocenters. The molecule has 1 aromatic heterocycles. The molecule has 2 aromatic rings. The Labute approximate surface area is 107 Å². The summed E-state index contributed by atoms with van der Waals surface area (Å²) in [5.41, 5.74) is 5.12. The number of tetrazole rings is 1. The fraction of sp³-hybridized carbons (Fsp3) is 0.364. The summed E-state index contributed by atoms with van der Waals surface area (Å²) in [6.45, 7) is 0. The summed E-state index contributed by atoms with van der Waals surface area (Å²) in [6, 6.07) is 4.40. The Balaban J connectivity index is 2.26. The molecule has 1 unspecified atom stereocenters. The highest BCUT2D eigenvalue weighted by Gasteiger charge is 2.34. The van der Waals surface area contributed by atoms with Gasteiger partial charge in [0, 0.05) is 12.5 Å². The van der Waals surface area contributed by atoms with E-state index in [-0.39, 0.29) is 12.0 Å². The summed E-state index contributed by atoms with van der Waals surface area (Å²) >= 11 is 0. The number of nitrogens with zero attached hydrogens (tertiary/aromatic N) is 4. The molecule has 0 bridgehead atoms. The van der Waals surface area contributed by atoms with Crippen molar-refractivity contribution < 1.29 is 13.2 Å². The topological polar surface area (TPSA) is 69.6 Å². The summed E-state index contributed by atoms with van der Waals surface area (Å²) in [4.78, 5) is 1.23. The van der Waals surface area contributed by atoms with E-state index in [9.17, 15) is 13.2 Å². The monoisotopic (exact) mass is 271 g/mol. The Morgan fingerprint density at radius 3 is 2.58 bits per heavy atom. The van der Waals surface area contributed by atoms with E-state index in [0.717, 1.165) is 6.07 Å². The van der Waals surface area contributed by atoms with Gasteiger partial charge in [0.25, 0.3) is 0 Å². The Morgan fingerprint density at radius 2 is 2.00 bits per heavy atom. The molecule has 1 aromatic carbocycles. The van der Waals surface area contributed by atoms with E-state index in [1.165, 1.54) is 23.0 Å². The first-order valence-corrected chi connectivity index (χ1v) is 5.52. The van der Waals surface area contributed by atoms with E-state index in [1.807, 2.05) is 0 Å². The molecule has 19 heavy (non-hydrogen) atoms. The van der Waals surface area contributed by atoms with E-state index in [1.54, 1.807) is 7.05 Å². The van der Waals surface area contributed by atoms with E-state index in [0.29, 0.717) is 5.82 Å². The normalized spacial score (nSPS) is 13.5. The number of nitrogens with two attached hydrogens (primary N) is 1. The van der Waals surface area contributed by atoms with Gasteiger partial charge in [-0.05, 0) is 16.8 Å². The highest BCUT2D eigenvalue weighted by Crippen LogP contribution is 2.34. The standard InChI is InChI=1S/C11H12F3N5/c1-19-17-10(16-18-19)6-9(15)7-4-2-3-5-8(7)11(12,13)14/h2-5,9H,6,15H2,1H3. The van der Waals surface area contributed by atoms with Crippen LogP contribution in [-0.4, -0.2) is 20.2 Å². The molecule has 0 aliphatic rings. The van der Waals surface area contributed by atoms with Gasteiger partial charge in [-0.25, -0.2) is 0 Å². The van der Waals surface area contributed by atoms with Gasteiger partial charge in [-0.1, -0.05) is 18.2 Å². The van der Waals surface area contributed by atoms with E-state index >= 15 is 0 Å². The van der Waals surface area contributed by atoms with Crippen LogP contribution < -0.4 is 5.73 Å². The van der Waals surface area contributed by atoms with Gasteiger partial charge in [-0.2, -0.15) is 18.0 Å². The zero-order valence-electron chi connectivity index (χ0n) is 10.1. The Kier molecular flexibility index (Phi) is 3.52. The first-order valence-electron chi connectivity index (χ1n) is 5.52. The molecule has 0 fully saturated rings. The lowest BCUT2D eigenvalue weighted by Gasteiger charge is -2.16. The molecule has 0 amide bonds. The highest BCUT2D eigenvalue weighted by atomic mass is 19.4. The number of benzene rings is 1. The van der Waals surface area contributed by atoms with E-state index in [2.05, 4.69) is 15.4 Å². The van der Waals surface area contributed by atoms with Crippen molar-refractivity contribution in [1.82, 2.24) is 20.2 Å². The van der Waals surface area contributed by atoms with Crippen LogP contribution in [0.5, 0.6) is 0 Å². The molecule has 0 radical (unpaired) electrons. The average molecular weight is 271 g/mol. The lowest BCUT2D eigenvalue weighted by molar-refractivity contribution is -0.138. The molecule has 102 valence electrons. The van der Waals surface area contributed by atoms with Gasteiger partial charge in [0.1, 0.15) is 0 Å². The van der Waals surface area contributed by atoms with Crippen LogP contribution in [0.3, 0.4) is 0 Å². The smallest absolute Gasteiger partial charge is 0.324 e. The maximum absolute atomic E-state index is 12.8. The Morgan fingerprint density at radius 1 is 1.32 bits per heavy atom. The second-order valence-corrected chi connectivity index (χ2v) is 4.09. The second-order valence-electron chi connectivity index (χ2n) is 4.09. The van der Waals surface area contributed by atoms with Gasteiger partial charge in [-0.3, -0.25) is 0 Å². The molecule has 0 aliphatic carbocycles. The third kappa shape index (κ3) is 3.08. The van der Waals surface area contributed by atoms with E-state index < -0.39 is 17.8 Å². The van der Waals surface area contributed by atoms with Gasteiger partial charge in [0.05, 0.1) is 12.6 Å². The molecule has 0 saturated heterocycles. The number of hydrogen-bond acceptors (Lipinski definition) is 4. The fourth-order valence-electron chi connectivity index (χ4n) is 1.79. The number of halogens is 3. The predicted molar refractivity (Wildman–Crippen MR) is 60.9 cm³/mol. The lowest BCUT2D eigenvalue weighted by Crippen LogP contribution is -2.19. The number of alkyl halides is 3. The van der Waals surface area contributed by atoms with E-state index in [4.69, 9.17) is 5.73 Å². The molecule has 0 saturated carbocycles. The predicted octanol–water partition coefficient (Wildman–Crippen LogP) is 1.47. The van der Waals surface area contributed by atoms with Crippen molar-refractivity contribution in [3.8, 4) is 0 Å². The van der Waals surface area contributed by atoms with Gasteiger partial charge in [0.15, 0.2) is 5.82 Å². The van der Waals surface area contributed by atoms with Crippen LogP contribution in [0.2, 0.25) is 0 Å². The van der Waals surface area contributed by atoms with Crippen molar-refractivity contribution in [2.75, 3.05) is 0 Å². The minimum Gasteiger partial charge on any atom is -0.324 e. The Hall–Kier alpha value is -1.96. The van der Waals surface area contributed by atoms with Crippen LogP contribution in [0.25, 0.3) is 0 Å². The van der Waals surface area contributed by atoms with Crippen LogP contribution in [-0.2, 0) is 19.6 Å². The minimum absolute atomic E-state index is 0.0300. The van der Waals surface area contributed by atoms with Gasteiger partial charge < -0.3 is 5.73 Å². The molecule has 2 rings (SSSR count). The Bertz CT molecular complexity index is 563. The van der Waals surface area contributed by atoms with Crippen molar-refractivity contribution >= 4 is 0 Å². The largest absolute Gasteiger partial charge is 0.416 e. The molecular weight excluding hydrogens is 259 g/mol. The van der Waals surface area contributed by atoms with Crippen LogP contribution in [0.15, 0.2) is 24.3 Å². The molecule has 0 spiro atoms. The zero-order valence-corrected chi connectivity index (χ0v) is 10.1. The molecule has 0 aliphatic heterocycles. The van der Waals surface area contributed by atoms with Crippen molar-refractivity contribution in [2.24, 2.45) is 12.8 Å². The lowest BCUT2D eigenvalue weighted by atomic mass is 9.98. The average Bonchev–Trinajstić information content (AvgIpc) is 2.73. The fourth-order valence-corrected chi connectivity index (χ4v) is 1.79. The molecule has 1 heterocycles. The van der Waals surface area contributed by atoms with Crippen LogP contribution in [0.4, 0.5) is 13.2 Å². The summed E-state index contributed by atoms with van der Waals surface area (Å²) in [6.07, 6.45) is -4.33. The molecule has 2 N–H and O–H groups in total. The number of rotatable bonds is 3. The van der Waals surface area contributed by atoms with Crippen LogP contribution in [0.1, 0.15) is 23.0 Å². The minimum atomic E-state index is -4.43. The zero-order chi connectivity index (χ0) is 14.0. The number of hydrogen-bond donors (Lipinski definition) is 1. The highest BCUT2D eigenvalue weighted by molar-refractivity contribution is 5.32. The maximum Gasteiger partial charge on any atom is 0.416 e. The van der Waals surface area contributed by atoms with Crippen LogP contribution >= 0.6 is 0 Å². The third-order valence-corrected chi connectivity index (χ3v) is 2.62. The summed E-state index contributed by atoms with van der Waals surface area (Å²) < 4.78 is 38.5. The summed E-state index contributed by atoms with van der Waals surface area (Å²) in [5.74, 6) is 0.312. The van der Waals surface area contributed by atoms with Crippen molar-refractivity contribution in [3.05, 3.63) is 41.2 Å². The molecular formula is C11H12F3N5. The molecule has 8 heteroatoms. The summed E-state index contributed by atoms with van der Waals surface area (Å²) in [5, 5.41) is 11.2. The van der Waals surface area contributed by atoms with Gasteiger partial charge in [-0.15, -0.1) is 10.2 Å². The quantitative estimate of drug-likeness (QED) is 0.917. The van der Waals surface area contributed by atoms with Gasteiger partial charge >= 0.3 is 6.18 Å². The van der Waals surface area contributed by atoms with Crippen molar-refractivity contribution in [3.63, 3.8) is 0 Å². The number of aromatic nitrogens is 4. The van der Waals surface area contributed by atoms with Crippen LogP contribution in [0, 0.1) is 0 Å². The number of aryl methyl sites for hydroxylation is 1. The second kappa shape index (κ2) is 4.96. The SMILES string of the molecule is Cn1nnc(CC(N)c2ccccc2C(F)(F)F)n1. The molecule has 5 nitrogen and oxygen atoms in total. The first kappa shape index (κ1) is 13.5. The third-order valence-electron chi connectivity index (χ3n) is 2.62. The first-order chi connectivity index (χ1) is 8.88. The summed E-state index contributed by atoms with van der Waals surface area (Å²) in [7, 11) is 1.58.